The Labute approximate surface area is 168 Å². The van der Waals surface area contributed by atoms with Crippen molar-refractivity contribution in [1.29, 1.82) is 0 Å². The van der Waals surface area contributed by atoms with Gasteiger partial charge >= 0.3 is 0 Å². The molecule has 3 heterocycles. The molecular weight excluding hydrogens is 371 g/mol. The first kappa shape index (κ1) is 19.0. The quantitative estimate of drug-likeness (QED) is 0.577. The largest absolute Gasteiger partial charge is 0.396 e. The molecule has 0 unspecified atom stereocenters. The molecule has 0 saturated carbocycles. The first-order valence-electron chi connectivity index (χ1n) is 9.48. The molecule has 2 aromatic heterocycles. The number of aromatic nitrogens is 4. The molecule has 1 fully saturated rings. The fraction of sp³-hybridized carbons (Fsp3) is 0.300. The summed E-state index contributed by atoms with van der Waals surface area (Å²) in [6.07, 6.45) is 6.88. The van der Waals surface area contributed by atoms with Crippen LogP contribution in [-0.4, -0.2) is 46.1 Å². The summed E-state index contributed by atoms with van der Waals surface area (Å²) in [4.78, 5) is 20.0. The lowest BCUT2D eigenvalue weighted by Crippen LogP contribution is -2.40. The second-order valence-corrected chi connectivity index (χ2v) is 7.04. The molecule has 3 aromatic rings. The fourth-order valence-electron chi connectivity index (χ4n) is 3.33. The van der Waals surface area contributed by atoms with E-state index in [0.29, 0.717) is 28.7 Å². The summed E-state index contributed by atoms with van der Waals surface area (Å²) in [5, 5.41) is 2.89. The lowest BCUT2D eigenvalue weighted by atomic mass is 10.0. The second kappa shape index (κ2) is 7.96. The zero-order valence-corrected chi connectivity index (χ0v) is 16.1. The van der Waals surface area contributed by atoms with Crippen LogP contribution in [0.15, 0.2) is 36.8 Å². The minimum absolute atomic E-state index is 0.0938. The van der Waals surface area contributed by atoms with Gasteiger partial charge in [-0.3, -0.25) is 0 Å². The molecule has 0 bridgehead atoms. The van der Waals surface area contributed by atoms with Gasteiger partial charge in [0.2, 0.25) is 11.9 Å². The monoisotopic (exact) mass is 394 g/mol. The molecule has 1 aromatic carbocycles. The van der Waals surface area contributed by atoms with Crippen molar-refractivity contribution in [1.82, 2.24) is 19.9 Å². The third-order valence-electron chi connectivity index (χ3n) is 5.06. The number of hydrogen-bond donors (Lipinski definition) is 3. The van der Waals surface area contributed by atoms with Crippen LogP contribution < -0.4 is 21.7 Å². The molecule has 5 N–H and O–H groups in total. The minimum Gasteiger partial charge on any atom is -0.396 e. The van der Waals surface area contributed by atoms with Crippen LogP contribution in [0.3, 0.4) is 0 Å². The zero-order chi connectivity index (χ0) is 20.4. The number of nitrogens with zero attached hydrogens (tertiary/aromatic N) is 5. The van der Waals surface area contributed by atoms with Gasteiger partial charge in [-0.05, 0) is 25.0 Å². The van der Waals surface area contributed by atoms with Crippen LogP contribution in [-0.2, 0) is 0 Å². The number of benzene rings is 1. The third kappa shape index (κ3) is 3.95. The Hall–Kier alpha value is -3.33. The molecule has 4 rings (SSSR count). The first-order valence-corrected chi connectivity index (χ1v) is 9.48. The molecule has 29 heavy (non-hydrogen) atoms. The summed E-state index contributed by atoms with van der Waals surface area (Å²) in [5.41, 5.74) is 14.4. The fourth-order valence-corrected chi connectivity index (χ4v) is 3.33. The van der Waals surface area contributed by atoms with E-state index in [4.69, 9.17) is 16.5 Å². The highest BCUT2D eigenvalue weighted by molar-refractivity contribution is 5.81. The van der Waals surface area contributed by atoms with Gasteiger partial charge in [0.05, 0.1) is 11.4 Å². The van der Waals surface area contributed by atoms with E-state index in [1.165, 1.54) is 12.1 Å². The van der Waals surface area contributed by atoms with Gasteiger partial charge in [0.15, 0.2) is 0 Å². The van der Waals surface area contributed by atoms with Crippen LogP contribution in [0.5, 0.6) is 0 Å². The lowest BCUT2D eigenvalue weighted by molar-refractivity contribution is 0.495. The lowest BCUT2D eigenvalue weighted by Gasteiger charge is -2.30. The SMILES string of the molecule is CNc1ncc(-c2cnc(N3CCC(N)CC3)nc2-c2ccc(N)c(F)c2)cn1. The van der Waals surface area contributed by atoms with E-state index >= 15 is 0 Å². The van der Waals surface area contributed by atoms with Crippen molar-refractivity contribution in [3.8, 4) is 22.4 Å². The normalized spacial score (nSPS) is 14.8. The summed E-state index contributed by atoms with van der Waals surface area (Å²) in [6, 6.07) is 4.89. The van der Waals surface area contributed by atoms with Crippen molar-refractivity contribution < 1.29 is 4.39 Å². The Morgan fingerprint density at radius 1 is 1.07 bits per heavy atom. The van der Waals surface area contributed by atoms with E-state index in [2.05, 4.69) is 25.2 Å². The van der Waals surface area contributed by atoms with E-state index in [1.54, 1.807) is 31.7 Å². The molecule has 0 radical (unpaired) electrons. The molecule has 0 aliphatic carbocycles. The van der Waals surface area contributed by atoms with Crippen molar-refractivity contribution in [3.63, 3.8) is 0 Å². The Balaban J connectivity index is 1.80. The Kier molecular flexibility index (Phi) is 5.22. The van der Waals surface area contributed by atoms with E-state index < -0.39 is 5.82 Å². The van der Waals surface area contributed by atoms with Gasteiger partial charge in [-0.15, -0.1) is 0 Å². The molecule has 0 atom stereocenters. The van der Waals surface area contributed by atoms with Crippen LogP contribution >= 0.6 is 0 Å². The number of nitrogen functional groups attached to an aromatic ring is 1. The number of halogens is 1. The van der Waals surface area contributed by atoms with Gasteiger partial charge in [0, 0.05) is 61.5 Å². The third-order valence-corrected chi connectivity index (χ3v) is 5.06. The highest BCUT2D eigenvalue weighted by Gasteiger charge is 2.21. The Morgan fingerprint density at radius 3 is 2.45 bits per heavy atom. The average Bonchev–Trinajstić information content (AvgIpc) is 2.76. The summed E-state index contributed by atoms with van der Waals surface area (Å²) >= 11 is 0. The molecule has 9 heteroatoms. The predicted molar refractivity (Wildman–Crippen MR) is 112 cm³/mol. The van der Waals surface area contributed by atoms with Gasteiger partial charge < -0.3 is 21.7 Å². The molecule has 1 aliphatic rings. The molecule has 1 saturated heterocycles. The molecule has 150 valence electrons. The Bertz CT molecular complexity index is 1000. The second-order valence-electron chi connectivity index (χ2n) is 7.04. The number of piperidine rings is 1. The number of rotatable bonds is 4. The highest BCUT2D eigenvalue weighted by Crippen LogP contribution is 2.32. The Morgan fingerprint density at radius 2 is 1.79 bits per heavy atom. The van der Waals surface area contributed by atoms with Crippen LogP contribution in [0, 0.1) is 5.82 Å². The van der Waals surface area contributed by atoms with E-state index in [9.17, 15) is 4.39 Å². The average molecular weight is 394 g/mol. The standard InChI is InChI=1S/C20H23FN8/c1-24-19-25-9-13(10-26-19)15-11-27-20(29-6-4-14(22)5-7-29)28-18(15)12-2-3-17(23)16(21)8-12/h2-3,8-11,14H,4-7,22-23H2,1H3,(H,24,25,26). The molecule has 1 aliphatic heterocycles. The van der Waals surface area contributed by atoms with Gasteiger partial charge in [0.25, 0.3) is 0 Å². The van der Waals surface area contributed by atoms with Crippen LogP contribution in [0.4, 0.5) is 22.0 Å². The number of anilines is 3. The summed E-state index contributed by atoms with van der Waals surface area (Å²) in [6.45, 7) is 1.58. The molecule has 8 nitrogen and oxygen atoms in total. The van der Waals surface area contributed by atoms with Gasteiger partial charge in [-0.25, -0.2) is 24.3 Å². The van der Waals surface area contributed by atoms with Crippen LogP contribution in [0.1, 0.15) is 12.8 Å². The van der Waals surface area contributed by atoms with Crippen LogP contribution in [0.2, 0.25) is 0 Å². The van der Waals surface area contributed by atoms with Crippen molar-refractivity contribution in [2.75, 3.05) is 36.1 Å². The van der Waals surface area contributed by atoms with E-state index in [1.807, 2.05) is 0 Å². The number of nitrogens with one attached hydrogen (secondary N) is 1. The number of hydrogen-bond acceptors (Lipinski definition) is 8. The molecule has 0 spiro atoms. The maximum atomic E-state index is 14.2. The van der Waals surface area contributed by atoms with E-state index in [-0.39, 0.29) is 11.7 Å². The first-order chi connectivity index (χ1) is 14.0. The maximum Gasteiger partial charge on any atom is 0.225 e. The van der Waals surface area contributed by atoms with E-state index in [0.717, 1.165) is 31.5 Å². The number of nitrogens with two attached hydrogens (primary N) is 2. The maximum absolute atomic E-state index is 14.2. The van der Waals surface area contributed by atoms with Crippen molar-refractivity contribution in [3.05, 3.63) is 42.6 Å². The summed E-state index contributed by atoms with van der Waals surface area (Å²) < 4.78 is 14.2. The summed E-state index contributed by atoms with van der Waals surface area (Å²) in [5.74, 6) is 0.621. The van der Waals surface area contributed by atoms with Crippen molar-refractivity contribution >= 4 is 17.6 Å². The minimum atomic E-state index is -0.487. The van der Waals surface area contributed by atoms with Gasteiger partial charge in [-0.2, -0.15) is 0 Å². The van der Waals surface area contributed by atoms with Gasteiger partial charge in [0.1, 0.15) is 5.82 Å². The predicted octanol–water partition coefficient (Wildman–Crippen LogP) is 2.29. The zero-order valence-electron chi connectivity index (χ0n) is 16.1. The van der Waals surface area contributed by atoms with Crippen molar-refractivity contribution in [2.24, 2.45) is 5.73 Å². The summed E-state index contributed by atoms with van der Waals surface area (Å²) in [7, 11) is 1.75. The van der Waals surface area contributed by atoms with Crippen LogP contribution in [0.25, 0.3) is 22.4 Å². The highest BCUT2D eigenvalue weighted by atomic mass is 19.1. The topological polar surface area (TPSA) is 119 Å². The van der Waals surface area contributed by atoms with Crippen molar-refractivity contribution in [2.45, 2.75) is 18.9 Å². The smallest absolute Gasteiger partial charge is 0.225 e. The molecular formula is C20H23FN8. The molecule has 0 amide bonds. The van der Waals surface area contributed by atoms with Gasteiger partial charge in [-0.1, -0.05) is 6.07 Å².